The van der Waals surface area contributed by atoms with E-state index in [1.54, 1.807) is 12.5 Å². The van der Waals surface area contributed by atoms with Gasteiger partial charge in [-0.25, -0.2) is 9.97 Å². The molecule has 2 heterocycles. The molecular formula is C15H20N6. The highest BCUT2D eigenvalue weighted by molar-refractivity contribution is 5.41. The van der Waals surface area contributed by atoms with Crippen molar-refractivity contribution in [2.45, 2.75) is 24.8 Å². The molecule has 0 amide bonds. The van der Waals surface area contributed by atoms with Gasteiger partial charge in [0.05, 0.1) is 5.69 Å². The Kier molecular flexibility index (Phi) is 4.25. The fraction of sp³-hybridized carbons (Fsp3) is 0.400. The molecule has 3 rings (SSSR count). The highest BCUT2D eigenvalue weighted by Crippen LogP contribution is 2.34. The molecule has 1 saturated carbocycles. The molecule has 2 aromatic rings. The third-order valence-electron chi connectivity index (χ3n) is 3.70. The maximum Gasteiger partial charge on any atom is 0.129 e. The highest BCUT2D eigenvalue weighted by Gasteiger charge is 2.28. The largest absolute Gasteiger partial charge is 0.382 e. The number of hydrogen-bond acceptors (Lipinski definition) is 6. The van der Waals surface area contributed by atoms with Gasteiger partial charge in [0.2, 0.25) is 0 Å². The molecule has 6 nitrogen and oxygen atoms in total. The summed E-state index contributed by atoms with van der Waals surface area (Å²) in [5.41, 5.74) is 7.94. The summed E-state index contributed by atoms with van der Waals surface area (Å²) in [6, 6.07) is 6.27. The maximum atomic E-state index is 5.83. The van der Waals surface area contributed by atoms with Crippen LogP contribution in [0.3, 0.4) is 0 Å². The minimum absolute atomic E-state index is 0.338. The summed E-state index contributed by atoms with van der Waals surface area (Å²) in [5, 5.41) is 6.60. The summed E-state index contributed by atoms with van der Waals surface area (Å²) in [6.45, 7) is 1.59. The second-order valence-electron chi connectivity index (χ2n) is 5.35. The van der Waals surface area contributed by atoms with Crippen LogP contribution in [0.5, 0.6) is 0 Å². The maximum absolute atomic E-state index is 5.83. The number of hydrogen-bond donors (Lipinski definition) is 3. The molecule has 1 aliphatic carbocycles. The Hall–Kier alpha value is -2.21. The lowest BCUT2D eigenvalue weighted by atomic mass is 9.79. The Morgan fingerprint density at radius 3 is 2.81 bits per heavy atom. The summed E-state index contributed by atoms with van der Waals surface area (Å²) in [4.78, 5) is 12.7. The van der Waals surface area contributed by atoms with Gasteiger partial charge in [0.15, 0.2) is 0 Å². The first-order valence-electron chi connectivity index (χ1n) is 7.26. The molecule has 4 N–H and O–H groups in total. The normalized spacial score (nSPS) is 20.6. The number of pyridine rings is 1. The van der Waals surface area contributed by atoms with Gasteiger partial charge in [0.1, 0.15) is 12.1 Å². The van der Waals surface area contributed by atoms with Crippen molar-refractivity contribution in [1.29, 1.82) is 0 Å². The van der Waals surface area contributed by atoms with E-state index in [0.29, 0.717) is 12.0 Å². The molecule has 1 aliphatic rings. The van der Waals surface area contributed by atoms with Crippen LogP contribution < -0.4 is 16.4 Å². The van der Waals surface area contributed by atoms with Crippen LogP contribution in [-0.4, -0.2) is 34.1 Å². The molecule has 21 heavy (non-hydrogen) atoms. The van der Waals surface area contributed by atoms with E-state index in [9.17, 15) is 0 Å². The van der Waals surface area contributed by atoms with E-state index in [1.807, 2.05) is 24.4 Å². The molecule has 2 aromatic heterocycles. The smallest absolute Gasteiger partial charge is 0.129 e. The first-order valence-corrected chi connectivity index (χ1v) is 7.26. The fourth-order valence-corrected chi connectivity index (χ4v) is 2.46. The summed E-state index contributed by atoms with van der Waals surface area (Å²) >= 11 is 0. The molecular weight excluding hydrogens is 264 g/mol. The standard InChI is InChI=1S/C15H20N6/c16-12-6-11(7-12)14-8-15(21-10-20-14)19-5-4-18-13-2-1-3-17-9-13/h1-3,8-12,18H,4-7,16H2,(H,19,20,21). The molecule has 0 aliphatic heterocycles. The zero-order chi connectivity index (χ0) is 14.5. The second-order valence-corrected chi connectivity index (χ2v) is 5.35. The third-order valence-corrected chi connectivity index (χ3v) is 3.70. The highest BCUT2D eigenvalue weighted by atomic mass is 15.0. The molecule has 6 heteroatoms. The van der Waals surface area contributed by atoms with Crippen molar-refractivity contribution in [3.8, 4) is 0 Å². The molecule has 1 fully saturated rings. The molecule has 0 atom stereocenters. The van der Waals surface area contributed by atoms with E-state index in [2.05, 4.69) is 25.6 Å². The average molecular weight is 284 g/mol. The fourth-order valence-electron chi connectivity index (χ4n) is 2.46. The first kappa shape index (κ1) is 13.8. The molecule has 0 radical (unpaired) electrons. The number of anilines is 2. The van der Waals surface area contributed by atoms with Crippen LogP contribution >= 0.6 is 0 Å². The van der Waals surface area contributed by atoms with Gasteiger partial charge in [-0.15, -0.1) is 0 Å². The quantitative estimate of drug-likeness (QED) is 0.698. The van der Waals surface area contributed by atoms with Crippen LogP contribution in [0.1, 0.15) is 24.5 Å². The minimum atomic E-state index is 0.338. The van der Waals surface area contributed by atoms with Gasteiger partial charge in [0, 0.05) is 49.2 Å². The van der Waals surface area contributed by atoms with E-state index < -0.39 is 0 Å². The van der Waals surface area contributed by atoms with Gasteiger partial charge in [0.25, 0.3) is 0 Å². The predicted molar refractivity (Wildman–Crippen MR) is 83.2 cm³/mol. The van der Waals surface area contributed by atoms with Crippen LogP contribution in [0.25, 0.3) is 0 Å². The van der Waals surface area contributed by atoms with Crippen molar-refractivity contribution in [3.63, 3.8) is 0 Å². The van der Waals surface area contributed by atoms with E-state index >= 15 is 0 Å². The van der Waals surface area contributed by atoms with Gasteiger partial charge in [-0.3, -0.25) is 4.98 Å². The van der Waals surface area contributed by atoms with Crippen LogP contribution in [-0.2, 0) is 0 Å². The summed E-state index contributed by atoms with van der Waals surface area (Å²) < 4.78 is 0. The average Bonchev–Trinajstić information content (AvgIpc) is 2.50. The number of nitrogens with two attached hydrogens (primary N) is 1. The van der Waals surface area contributed by atoms with E-state index in [-0.39, 0.29) is 0 Å². The van der Waals surface area contributed by atoms with Crippen molar-refractivity contribution in [3.05, 3.63) is 42.6 Å². The van der Waals surface area contributed by atoms with Crippen molar-refractivity contribution in [1.82, 2.24) is 15.0 Å². The molecule has 0 unspecified atom stereocenters. The molecule has 0 bridgehead atoms. The summed E-state index contributed by atoms with van der Waals surface area (Å²) in [7, 11) is 0. The van der Waals surface area contributed by atoms with Gasteiger partial charge in [-0.05, 0) is 25.0 Å². The SMILES string of the molecule is NC1CC(c2cc(NCCNc3cccnc3)ncn2)C1. The van der Waals surface area contributed by atoms with Crippen molar-refractivity contribution < 1.29 is 0 Å². The topological polar surface area (TPSA) is 88.8 Å². The number of rotatable bonds is 6. The Morgan fingerprint density at radius 2 is 2.05 bits per heavy atom. The lowest BCUT2D eigenvalue weighted by Gasteiger charge is -2.31. The molecule has 0 spiro atoms. The lowest BCUT2D eigenvalue weighted by molar-refractivity contribution is 0.345. The van der Waals surface area contributed by atoms with E-state index in [1.165, 1.54) is 0 Å². The van der Waals surface area contributed by atoms with Crippen molar-refractivity contribution in [2.75, 3.05) is 23.7 Å². The van der Waals surface area contributed by atoms with Crippen LogP contribution in [0.4, 0.5) is 11.5 Å². The van der Waals surface area contributed by atoms with Crippen LogP contribution in [0.2, 0.25) is 0 Å². The Bertz CT molecular complexity index is 567. The number of nitrogens with one attached hydrogen (secondary N) is 2. The van der Waals surface area contributed by atoms with Crippen molar-refractivity contribution in [2.24, 2.45) is 5.73 Å². The monoisotopic (exact) mass is 284 g/mol. The van der Waals surface area contributed by atoms with Gasteiger partial charge >= 0.3 is 0 Å². The third kappa shape index (κ3) is 3.66. The Balaban J connectivity index is 1.46. The Morgan fingerprint density at radius 1 is 1.19 bits per heavy atom. The van der Waals surface area contributed by atoms with Gasteiger partial charge < -0.3 is 16.4 Å². The van der Waals surface area contributed by atoms with E-state index in [4.69, 9.17) is 5.73 Å². The minimum Gasteiger partial charge on any atom is -0.382 e. The zero-order valence-electron chi connectivity index (χ0n) is 11.9. The van der Waals surface area contributed by atoms with Crippen LogP contribution in [0, 0.1) is 0 Å². The summed E-state index contributed by atoms with van der Waals surface area (Å²) in [5.74, 6) is 1.37. The molecule has 0 saturated heterocycles. The van der Waals surface area contributed by atoms with Gasteiger partial charge in [-0.1, -0.05) is 0 Å². The van der Waals surface area contributed by atoms with Gasteiger partial charge in [-0.2, -0.15) is 0 Å². The first-order chi connectivity index (χ1) is 10.3. The van der Waals surface area contributed by atoms with E-state index in [0.717, 1.165) is 43.1 Å². The summed E-state index contributed by atoms with van der Waals surface area (Å²) in [6.07, 6.45) is 7.24. The lowest BCUT2D eigenvalue weighted by Crippen LogP contribution is -2.35. The Labute approximate surface area is 124 Å². The molecule has 0 aromatic carbocycles. The molecule has 110 valence electrons. The zero-order valence-corrected chi connectivity index (χ0v) is 11.9. The number of nitrogens with zero attached hydrogens (tertiary/aromatic N) is 3. The van der Waals surface area contributed by atoms with Crippen molar-refractivity contribution >= 4 is 11.5 Å². The van der Waals surface area contributed by atoms with Crippen LogP contribution in [0.15, 0.2) is 36.9 Å². The number of aromatic nitrogens is 3. The predicted octanol–water partition coefficient (Wildman–Crippen LogP) is 1.60. The second kappa shape index (κ2) is 6.49.